The van der Waals surface area contributed by atoms with Crippen LogP contribution in [0.4, 0.5) is 14.5 Å². The first-order valence-electron chi connectivity index (χ1n) is 11.6. The molecule has 0 aliphatic rings. The monoisotopic (exact) mass is 505 g/mol. The lowest BCUT2D eigenvalue weighted by Crippen LogP contribution is -2.24. The van der Waals surface area contributed by atoms with Crippen LogP contribution in [0.5, 0.6) is 0 Å². The molecule has 0 aliphatic carbocycles. The average Bonchev–Trinajstić information content (AvgIpc) is 2.88. The zero-order valence-electron chi connectivity index (χ0n) is 21.0. The van der Waals surface area contributed by atoms with E-state index >= 15 is 0 Å². The minimum absolute atomic E-state index is 0.0286. The van der Waals surface area contributed by atoms with Crippen molar-refractivity contribution in [1.82, 2.24) is 15.3 Å². The Balaban J connectivity index is 1.93. The van der Waals surface area contributed by atoms with E-state index in [1.165, 1.54) is 12.4 Å². The Morgan fingerprint density at radius 1 is 1.14 bits per heavy atom. The van der Waals surface area contributed by atoms with Gasteiger partial charge < -0.3 is 16.4 Å². The lowest BCUT2D eigenvalue weighted by Gasteiger charge is -2.13. The number of nitrogens with two attached hydrogens (primary N) is 1. The molecule has 7 nitrogen and oxygen atoms in total. The quantitative estimate of drug-likeness (QED) is 0.371. The molecule has 0 spiro atoms. The van der Waals surface area contributed by atoms with Crippen molar-refractivity contribution in [3.05, 3.63) is 95.7 Å². The van der Waals surface area contributed by atoms with Crippen molar-refractivity contribution in [2.75, 3.05) is 12.4 Å². The molecule has 4 N–H and O–H groups in total. The van der Waals surface area contributed by atoms with Crippen LogP contribution in [0, 0.1) is 12.8 Å². The number of carbonyl (C=O) groups excluding carboxylic acids is 2. The molecule has 2 amide bonds. The van der Waals surface area contributed by atoms with Crippen LogP contribution >= 0.6 is 0 Å². The second-order valence-corrected chi connectivity index (χ2v) is 8.65. The fourth-order valence-corrected chi connectivity index (χ4v) is 3.68. The molecule has 0 aliphatic heterocycles. The number of anilines is 1. The number of halogens is 2. The number of amides is 2. The number of allylic oxidation sites excluding steroid dienone is 2. The number of alkyl halides is 2. The van der Waals surface area contributed by atoms with E-state index in [9.17, 15) is 18.4 Å². The van der Waals surface area contributed by atoms with Crippen molar-refractivity contribution in [3.8, 4) is 11.1 Å². The van der Waals surface area contributed by atoms with Crippen LogP contribution in [-0.4, -0.2) is 28.8 Å². The van der Waals surface area contributed by atoms with Crippen LogP contribution in [0.25, 0.3) is 16.7 Å². The fraction of sp³-hybridized carbons (Fsp3) is 0.214. The summed E-state index contributed by atoms with van der Waals surface area (Å²) in [7, 11) is 1.57. The van der Waals surface area contributed by atoms with Gasteiger partial charge in [-0.15, -0.1) is 0 Å². The molecular weight excluding hydrogens is 476 g/mol. The van der Waals surface area contributed by atoms with Crippen LogP contribution < -0.4 is 16.4 Å². The molecule has 0 fully saturated rings. The topological polar surface area (TPSA) is 110 Å². The van der Waals surface area contributed by atoms with Crippen LogP contribution in [0.3, 0.4) is 0 Å². The molecule has 2 heterocycles. The first-order valence-corrected chi connectivity index (χ1v) is 11.6. The molecule has 1 unspecified atom stereocenters. The largest absolute Gasteiger partial charge is 0.405 e. The zero-order chi connectivity index (χ0) is 27.2. The van der Waals surface area contributed by atoms with E-state index in [2.05, 4.69) is 20.6 Å². The fourth-order valence-electron chi connectivity index (χ4n) is 3.68. The average molecular weight is 506 g/mol. The number of rotatable bonds is 8. The van der Waals surface area contributed by atoms with Gasteiger partial charge in [0.1, 0.15) is 0 Å². The number of benzene rings is 1. The highest BCUT2D eigenvalue weighted by atomic mass is 19.3. The summed E-state index contributed by atoms with van der Waals surface area (Å²) in [4.78, 5) is 33.0. The highest BCUT2D eigenvalue weighted by Crippen LogP contribution is 2.30. The predicted octanol–water partition coefficient (Wildman–Crippen LogP) is 5.05. The third kappa shape index (κ3) is 6.84. The van der Waals surface area contributed by atoms with Gasteiger partial charge >= 0.3 is 0 Å². The second-order valence-electron chi connectivity index (χ2n) is 8.65. The van der Waals surface area contributed by atoms with Crippen molar-refractivity contribution in [1.29, 1.82) is 0 Å². The Hall–Kier alpha value is -4.40. The van der Waals surface area contributed by atoms with Gasteiger partial charge in [0.15, 0.2) is 0 Å². The van der Waals surface area contributed by atoms with E-state index in [4.69, 9.17) is 5.73 Å². The molecule has 1 atom stereocenters. The smallest absolute Gasteiger partial charge is 0.272 e. The van der Waals surface area contributed by atoms with Crippen LogP contribution in [0.1, 0.15) is 41.0 Å². The van der Waals surface area contributed by atoms with Gasteiger partial charge in [-0.2, -0.15) is 0 Å². The Morgan fingerprint density at radius 2 is 1.89 bits per heavy atom. The number of hydrogen-bond donors (Lipinski definition) is 3. The van der Waals surface area contributed by atoms with E-state index in [1.54, 1.807) is 44.5 Å². The van der Waals surface area contributed by atoms with Crippen molar-refractivity contribution in [2.45, 2.75) is 26.7 Å². The summed E-state index contributed by atoms with van der Waals surface area (Å²) in [5.41, 5.74) is 9.73. The van der Waals surface area contributed by atoms with E-state index in [0.717, 1.165) is 35.9 Å². The van der Waals surface area contributed by atoms with Crippen LogP contribution in [0.2, 0.25) is 0 Å². The summed E-state index contributed by atoms with van der Waals surface area (Å²) in [5.74, 6) is -4.20. The third-order valence-corrected chi connectivity index (χ3v) is 5.73. The molecule has 0 bridgehead atoms. The van der Waals surface area contributed by atoms with Gasteiger partial charge in [-0.25, -0.2) is 8.78 Å². The molecule has 2 aromatic heterocycles. The van der Waals surface area contributed by atoms with Crippen LogP contribution in [0.15, 0.2) is 73.3 Å². The molecule has 1 aromatic carbocycles. The molecule has 9 heteroatoms. The maximum absolute atomic E-state index is 13.7. The normalized spacial score (nSPS) is 12.9. The van der Waals surface area contributed by atoms with Gasteiger partial charge in [0, 0.05) is 43.8 Å². The molecule has 37 heavy (non-hydrogen) atoms. The molecule has 3 rings (SSSR count). The van der Waals surface area contributed by atoms with Crippen molar-refractivity contribution < 1.29 is 18.4 Å². The molecule has 0 saturated heterocycles. The molecule has 192 valence electrons. The van der Waals surface area contributed by atoms with E-state index in [0.29, 0.717) is 17.0 Å². The third-order valence-electron chi connectivity index (χ3n) is 5.73. The number of carbonyl (C=O) groups is 2. The minimum Gasteiger partial charge on any atom is -0.405 e. The first kappa shape index (κ1) is 27.2. The lowest BCUT2D eigenvalue weighted by molar-refractivity contribution is -0.122. The zero-order valence-corrected chi connectivity index (χ0v) is 21.0. The van der Waals surface area contributed by atoms with Gasteiger partial charge in [0.05, 0.1) is 17.2 Å². The van der Waals surface area contributed by atoms with Gasteiger partial charge in [0.2, 0.25) is 5.91 Å². The van der Waals surface area contributed by atoms with Gasteiger partial charge in [-0.05, 0) is 71.8 Å². The van der Waals surface area contributed by atoms with Crippen molar-refractivity contribution in [3.63, 3.8) is 0 Å². The Kier molecular flexibility index (Phi) is 8.49. The Morgan fingerprint density at radius 3 is 2.57 bits per heavy atom. The Bertz CT molecular complexity index is 1360. The standard InChI is InChI=1S/C28H29F2N5O2/c1-17-5-6-23(35-27(37)21-12-22(16-33-15-21)28(3,29)30)14-24(17)19-8-10-34-25(13-19)20(7-9-31)11-18(2)26(36)32-4/h5-16,18H,31H2,1-4H3,(H,32,36)(H,35,37)/b9-7-,20-11+. The van der Waals surface area contributed by atoms with Crippen molar-refractivity contribution in [2.24, 2.45) is 11.7 Å². The lowest BCUT2D eigenvalue weighted by atomic mass is 9.97. The molecule has 0 radical (unpaired) electrons. The first-order chi connectivity index (χ1) is 17.5. The number of aromatic nitrogens is 2. The summed E-state index contributed by atoms with van der Waals surface area (Å²) in [6.45, 7) is 4.46. The number of pyridine rings is 2. The summed E-state index contributed by atoms with van der Waals surface area (Å²) in [6, 6.07) is 10.2. The molecule has 3 aromatic rings. The maximum Gasteiger partial charge on any atom is 0.272 e. The maximum atomic E-state index is 13.7. The van der Waals surface area contributed by atoms with Gasteiger partial charge in [-0.3, -0.25) is 19.6 Å². The summed E-state index contributed by atoms with van der Waals surface area (Å²) in [5, 5.41) is 5.37. The number of nitrogens with one attached hydrogen (secondary N) is 2. The minimum atomic E-state index is -3.11. The number of aryl methyl sites for hydroxylation is 1. The van der Waals surface area contributed by atoms with E-state index < -0.39 is 17.7 Å². The van der Waals surface area contributed by atoms with Crippen LogP contribution in [-0.2, 0) is 10.7 Å². The number of hydrogen-bond acceptors (Lipinski definition) is 5. The van der Waals surface area contributed by atoms with Gasteiger partial charge in [-0.1, -0.05) is 19.1 Å². The summed E-state index contributed by atoms with van der Waals surface area (Å²) < 4.78 is 27.3. The predicted molar refractivity (Wildman–Crippen MR) is 141 cm³/mol. The van der Waals surface area contributed by atoms with E-state index in [1.807, 2.05) is 25.1 Å². The molecular formula is C28H29F2N5O2. The number of nitrogens with zero attached hydrogens (tertiary/aromatic N) is 2. The highest BCUT2D eigenvalue weighted by molar-refractivity contribution is 6.04. The highest BCUT2D eigenvalue weighted by Gasteiger charge is 2.25. The summed E-state index contributed by atoms with van der Waals surface area (Å²) in [6.07, 6.45) is 8.78. The SMILES string of the molecule is CNC(=O)C(C)/C=C(\C=C/N)c1cc(-c2cc(NC(=O)c3cncc(C(C)(F)F)c3)ccc2C)ccn1. The molecule has 0 saturated carbocycles. The Labute approximate surface area is 214 Å². The van der Waals surface area contributed by atoms with Gasteiger partial charge in [0.25, 0.3) is 11.8 Å². The van der Waals surface area contributed by atoms with E-state index in [-0.39, 0.29) is 17.0 Å². The second kappa shape index (κ2) is 11.6. The van der Waals surface area contributed by atoms with Crippen molar-refractivity contribution >= 4 is 23.1 Å². The summed E-state index contributed by atoms with van der Waals surface area (Å²) >= 11 is 0.